The second-order valence-electron chi connectivity index (χ2n) is 3.93. The molecule has 3 N–H and O–H groups in total. The molecule has 0 unspecified atom stereocenters. The third-order valence-electron chi connectivity index (χ3n) is 2.43. The summed E-state index contributed by atoms with van der Waals surface area (Å²) in [7, 11) is 0. The summed E-state index contributed by atoms with van der Waals surface area (Å²) in [5, 5.41) is 13.0. The van der Waals surface area contributed by atoms with Crippen molar-refractivity contribution < 1.29 is 10.0 Å². The minimum atomic E-state index is -0.896. The number of hydrogen-bond acceptors (Lipinski definition) is 4. The van der Waals surface area contributed by atoms with Crippen LogP contribution in [0.15, 0.2) is 29.6 Å². The van der Waals surface area contributed by atoms with Gasteiger partial charge in [0.2, 0.25) is 0 Å². The number of nitrogens with two attached hydrogens (primary N) is 1. The smallest absolute Gasteiger partial charge is 0.338 e. The molecule has 2 rings (SSSR count). The van der Waals surface area contributed by atoms with E-state index in [1.807, 2.05) is 24.3 Å². The minimum absolute atomic E-state index is 0.00749. The van der Waals surface area contributed by atoms with Gasteiger partial charge in [0, 0.05) is 16.8 Å². The fourth-order valence-electron chi connectivity index (χ4n) is 1.51. The van der Waals surface area contributed by atoms with E-state index in [1.165, 1.54) is 11.3 Å². The van der Waals surface area contributed by atoms with Crippen LogP contribution in [-0.4, -0.2) is 21.3 Å². The van der Waals surface area contributed by atoms with Crippen molar-refractivity contribution in [1.29, 1.82) is 0 Å². The van der Waals surface area contributed by atoms with Crippen LogP contribution in [-0.2, 0) is 13.0 Å². The Bertz CT molecular complexity index is 571. The number of carbonyl (C=O) groups is 1. The van der Waals surface area contributed by atoms with Crippen LogP contribution in [0.5, 0.6) is 0 Å². The molecular formula is C12H12ClN3O2S. The summed E-state index contributed by atoms with van der Waals surface area (Å²) in [5.41, 5.74) is 6.63. The Morgan fingerprint density at radius 3 is 2.74 bits per heavy atom. The van der Waals surface area contributed by atoms with Gasteiger partial charge >= 0.3 is 6.03 Å². The Morgan fingerprint density at radius 2 is 2.11 bits per heavy atom. The van der Waals surface area contributed by atoms with Crippen LogP contribution in [0, 0.1) is 0 Å². The number of thiazole rings is 1. The van der Waals surface area contributed by atoms with Crippen LogP contribution in [0.1, 0.15) is 16.3 Å². The number of amides is 2. The fraction of sp³-hybridized carbons (Fsp3) is 0.167. The minimum Gasteiger partial charge on any atom is -0.350 e. The second-order valence-corrected chi connectivity index (χ2v) is 5.31. The zero-order valence-electron chi connectivity index (χ0n) is 9.91. The molecule has 100 valence electrons. The Hall–Kier alpha value is -1.63. The van der Waals surface area contributed by atoms with Gasteiger partial charge in [0.25, 0.3) is 0 Å². The molecule has 1 heterocycles. The van der Waals surface area contributed by atoms with Gasteiger partial charge in [-0.05, 0) is 17.7 Å². The van der Waals surface area contributed by atoms with Crippen molar-refractivity contribution in [3.63, 3.8) is 0 Å². The first-order valence-corrected chi connectivity index (χ1v) is 6.74. The van der Waals surface area contributed by atoms with E-state index in [1.54, 1.807) is 5.38 Å². The van der Waals surface area contributed by atoms with Crippen molar-refractivity contribution in [2.24, 2.45) is 5.73 Å². The molecule has 0 bridgehead atoms. The molecule has 0 aliphatic rings. The first kappa shape index (κ1) is 13.8. The largest absolute Gasteiger partial charge is 0.350 e. The number of benzene rings is 1. The fourth-order valence-corrected chi connectivity index (χ4v) is 2.46. The van der Waals surface area contributed by atoms with E-state index in [4.69, 9.17) is 17.3 Å². The number of primary amides is 1. The number of halogens is 1. The second kappa shape index (κ2) is 6.01. The van der Waals surface area contributed by atoms with Crippen molar-refractivity contribution in [1.82, 2.24) is 10.0 Å². The van der Waals surface area contributed by atoms with Crippen LogP contribution in [0.25, 0.3) is 0 Å². The SMILES string of the molecule is NC(=O)N(O)Cc1csc(Cc2ccc(Cl)cc2)n1. The molecule has 19 heavy (non-hydrogen) atoms. The summed E-state index contributed by atoms with van der Waals surface area (Å²) in [6, 6.07) is 6.63. The molecule has 1 aromatic carbocycles. The lowest BCUT2D eigenvalue weighted by Crippen LogP contribution is -2.32. The maximum atomic E-state index is 10.7. The summed E-state index contributed by atoms with van der Waals surface area (Å²) in [6.07, 6.45) is 0.684. The average molecular weight is 298 g/mol. The molecule has 0 atom stereocenters. The first-order chi connectivity index (χ1) is 9.04. The highest BCUT2D eigenvalue weighted by Crippen LogP contribution is 2.17. The van der Waals surface area contributed by atoms with Crippen molar-refractivity contribution in [2.45, 2.75) is 13.0 Å². The van der Waals surface area contributed by atoms with Gasteiger partial charge in [-0.25, -0.2) is 14.8 Å². The summed E-state index contributed by atoms with van der Waals surface area (Å²) in [6.45, 7) is -0.00749. The monoisotopic (exact) mass is 297 g/mol. The van der Waals surface area contributed by atoms with Crippen LogP contribution in [0.4, 0.5) is 4.79 Å². The first-order valence-electron chi connectivity index (χ1n) is 5.48. The van der Waals surface area contributed by atoms with Gasteiger partial charge in [0.15, 0.2) is 0 Å². The number of carbonyl (C=O) groups excluding carboxylic acids is 1. The van der Waals surface area contributed by atoms with E-state index in [0.717, 1.165) is 10.6 Å². The standard InChI is InChI=1S/C12H12ClN3O2S/c13-9-3-1-8(2-4-9)5-11-15-10(7-19-11)6-16(18)12(14)17/h1-4,7,18H,5-6H2,(H2,14,17). The van der Waals surface area contributed by atoms with Crippen molar-refractivity contribution >= 4 is 29.0 Å². The van der Waals surface area contributed by atoms with Crippen molar-refractivity contribution in [2.75, 3.05) is 0 Å². The van der Waals surface area contributed by atoms with Crippen LogP contribution < -0.4 is 5.73 Å². The molecule has 0 aliphatic carbocycles. The molecule has 1 aromatic heterocycles. The molecule has 0 saturated heterocycles. The van der Waals surface area contributed by atoms with E-state index in [9.17, 15) is 10.0 Å². The van der Waals surface area contributed by atoms with E-state index < -0.39 is 6.03 Å². The number of hydrogen-bond donors (Lipinski definition) is 2. The predicted molar refractivity (Wildman–Crippen MR) is 73.3 cm³/mol. The van der Waals surface area contributed by atoms with Gasteiger partial charge < -0.3 is 5.73 Å². The lowest BCUT2D eigenvalue weighted by molar-refractivity contribution is -0.0478. The van der Waals surface area contributed by atoms with Crippen molar-refractivity contribution in [3.05, 3.63) is 50.9 Å². The number of urea groups is 1. The summed E-state index contributed by atoms with van der Waals surface area (Å²) in [5.74, 6) is 0. The maximum absolute atomic E-state index is 10.7. The summed E-state index contributed by atoms with van der Waals surface area (Å²) >= 11 is 7.28. The summed E-state index contributed by atoms with van der Waals surface area (Å²) in [4.78, 5) is 15.0. The molecule has 0 spiro atoms. The molecule has 7 heteroatoms. The Morgan fingerprint density at radius 1 is 1.42 bits per heavy atom. The highest BCUT2D eigenvalue weighted by molar-refractivity contribution is 7.09. The van der Waals surface area contributed by atoms with Gasteiger partial charge in [0.1, 0.15) is 0 Å². The third-order valence-corrected chi connectivity index (χ3v) is 3.58. The van der Waals surface area contributed by atoms with E-state index in [-0.39, 0.29) is 6.54 Å². The molecule has 5 nitrogen and oxygen atoms in total. The van der Waals surface area contributed by atoms with Gasteiger partial charge in [0.05, 0.1) is 17.2 Å². The maximum Gasteiger partial charge on any atom is 0.338 e. The van der Waals surface area contributed by atoms with E-state index in [0.29, 0.717) is 22.2 Å². The van der Waals surface area contributed by atoms with Gasteiger partial charge in [-0.15, -0.1) is 11.3 Å². The zero-order valence-corrected chi connectivity index (χ0v) is 11.5. The number of rotatable bonds is 4. The Labute approximate surface area is 119 Å². The molecule has 2 aromatic rings. The van der Waals surface area contributed by atoms with Crippen LogP contribution in [0.2, 0.25) is 5.02 Å². The van der Waals surface area contributed by atoms with Gasteiger partial charge in [-0.1, -0.05) is 23.7 Å². The van der Waals surface area contributed by atoms with Crippen molar-refractivity contribution in [3.8, 4) is 0 Å². The Kier molecular flexibility index (Phi) is 4.36. The lowest BCUT2D eigenvalue weighted by Gasteiger charge is -2.08. The molecule has 0 radical (unpaired) electrons. The van der Waals surface area contributed by atoms with E-state index >= 15 is 0 Å². The molecule has 2 amide bonds. The molecular weight excluding hydrogens is 286 g/mol. The van der Waals surface area contributed by atoms with Gasteiger partial charge in [-0.3, -0.25) is 5.21 Å². The molecule has 0 fully saturated rings. The topological polar surface area (TPSA) is 79.5 Å². The normalized spacial score (nSPS) is 10.4. The average Bonchev–Trinajstić information content (AvgIpc) is 2.79. The summed E-state index contributed by atoms with van der Waals surface area (Å²) < 4.78 is 0. The predicted octanol–water partition coefficient (Wildman–Crippen LogP) is 2.66. The van der Waals surface area contributed by atoms with Crippen LogP contribution >= 0.6 is 22.9 Å². The van der Waals surface area contributed by atoms with Gasteiger partial charge in [-0.2, -0.15) is 0 Å². The molecule has 0 aliphatic heterocycles. The number of hydroxylamine groups is 2. The van der Waals surface area contributed by atoms with Crippen LogP contribution in [0.3, 0.4) is 0 Å². The van der Waals surface area contributed by atoms with E-state index in [2.05, 4.69) is 4.98 Å². The Balaban J connectivity index is 2.01. The third kappa shape index (κ3) is 3.92. The quantitative estimate of drug-likeness (QED) is 0.672. The number of aromatic nitrogens is 1. The highest BCUT2D eigenvalue weighted by atomic mass is 35.5. The highest BCUT2D eigenvalue weighted by Gasteiger charge is 2.10. The lowest BCUT2D eigenvalue weighted by atomic mass is 10.2. The zero-order chi connectivity index (χ0) is 13.8. The number of nitrogens with zero attached hydrogens (tertiary/aromatic N) is 2. The molecule has 0 saturated carbocycles.